The third kappa shape index (κ3) is 4.30. The summed E-state index contributed by atoms with van der Waals surface area (Å²) < 4.78 is 1.73. The van der Waals surface area contributed by atoms with E-state index in [1.54, 1.807) is 28.8 Å². The third-order valence-corrected chi connectivity index (χ3v) is 4.73. The third-order valence-electron chi connectivity index (χ3n) is 4.40. The van der Waals surface area contributed by atoms with Crippen LogP contribution in [0.1, 0.15) is 35.8 Å². The van der Waals surface area contributed by atoms with Gasteiger partial charge in [-0.05, 0) is 45.0 Å². The summed E-state index contributed by atoms with van der Waals surface area (Å²) in [6.45, 7) is 5.47. The molecule has 0 spiro atoms. The van der Waals surface area contributed by atoms with Crippen LogP contribution in [0.2, 0.25) is 5.02 Å². The summed E-state index contributed by atoms with van der Waals surface area (Å²) >= 11 is 5.97. The zero-order valence-electron chi connectivity index (χ0n) is 16.3. The Morgan fingerprint density at radius 3 is 2.62 bits per heavy atom. The van der Waals surface area contributed by atoms with Crippen LogP contribution in [0.4, 0.5) is 5.69 Å². The number of nitrogens with one attached hydrogen (secondary N) is 1. The minimum atomic E-state index is -0.650. The SMILES string of the molecule is Cc1ccc2c(c1)c(N=NC(=O)CNC(=O)c1ccccc1Cl)c(O)n2C(C)C. The number of amides is 2. The van der Waals surface area contributed by atoms with E-state index in [1.807, 2.05) is 39.0 Å². The minimum absolute atomic E-state index is 0.00485. The minimum Gasteiger partial charge on any atom is -0.493 e. The molecule has 0 fully saturated rings. The number of aromatic nitrogens is 1. The van der Waals surface area contributed by atoms with Crippen LogP contribution in [0, 0.1) is 6.92 Å². The Hall–Kier alpha value is -3.19. The summed E-state index contributed by atoms with van der Waals surface area (Å²) in [6, 6.07) is 12.3. The lowest BCUT2D eigenvalue weighted by atomic mass is 10.1. The van der Waals surface area contributed by atoms with E-state index >= 15 is 0 Å². The number of carbonyl (C=O) groups is 2. The quantitative estimate of drug-likeness (QED) is 0.581. The molecule has 2 amide bonds. The topological polar surface area (TPSA) is 96.1 Å². The predicted octanol–water partition coefficient (Wildman–Crippen LogP) is 4.93. The highest BCUT2D eigenvalue weighted by molar-refractivity contribution is 6.33. The van der Waals surface area contributed by atoms with Crippen molar-refractivity contribution in [3.8, 4) is 5.88 Å². The van der Waals surface area contributed by atoms with Crippen molar-refractivity contribution < 1.29 is 14.7 Å². The van der Waals surface area contributed by atoms with Gasteiger partial charge >= 0.3 is 0 Å². The van der Waals surface area contributed by atoms with E-state index in [-0.39, 0.29) is 29.7 Å². The van der Waals surface area contributed by atoms with Crippen molar-refractivity contribution in [1.82, 2.24) is 9.88 Å². The smallest absolute Gasteiger partial charge is 0.283 e. The second-order valence-corrected chi connectivity index (χ2v) is 7.32. The molecule has 0 saturated heterocycles. The summed E-state index contributed by atoms with van der Waals surface area (Å²) in [6.07, 6.45) is 0. The molecular formula is C21H21ClN4O3. The molecule has 29 heavy (non-hydrogen) atoms. The first-order chi connectivity index (χ1) is 13.8. The van der Waals surface area contributed by atoms with Gasteiger partial charge in [0.05, 0.1) is 16.1 Å². The van der Waals surface area contributed by atoms with E-state index in [9.17, 15) is 14.7 Å². The second kappa shape index (κ2) is 8.45. The largest absolute Gasteiger partial charge is 0.493 e. The Morgan fingerprint density at radius 2 is 1.93 bits per heavy atom. The highest BCUT2D eigenvalue weighted by Gasteiger charge is 2.19. The molecule has 0 saturated carbocycles. The lowest BCUT2D eigenvalue weighted by molar-refractivity contribution is -0.117. The van der Waals surface area contributed by atoms with Gasteiger partial charge in [0.15, 0.2) is 5.69 Å². The van der Waals surface area contributed by atoms with Gasteiger partial charge in [0, 0.05) is 11.4 Å². The Bertz CT molecular complexity index is 1120. The Morgan fingerprint density at radius 1 is 1.21 bits per heavy atom. The molecule has 3 rings (SSSR count). The number of benzene rings is 2. The molecule has 1 heterocycles. The molecule has 2 aromatic carbocycles. The number of hydrogen-bond acceptors (Lipinski definition) is 4. The van der Waals surface area contributed by atoms with E-state index in [1.165, 1.54) is 0 Å². The average Bonchev–Trinajstić information content (AvgIpc) is 2.95. The van der Waals surface area contributed by atoms with Crippen molar-refractivity contribution in [2.24, 2.45) is 10.2 Å². The van der Waals surface area contributed by atoms with Gasteiger partial charge in [-0.25, -0.2) is 0 Å². The van der Waals surface area contributed by atoms with E-state index in [0.717, 1.165) is 11.1 Å². The monoisotopic (exact) mass is 412 g/mol. The van der Waals surface area contributed by atoms with Crippen molar-refractivity contribution in [3.05, 3.63) is 58.6 Å². The van der Waals surface area contributed by atoms with Crippen molar-refractivity contribution >= 4 is 40.0 Å². The first kappa shape index (κ1) is 20.5. The van der Waals surface area contributed by atoms with Crippen LogP contribution in [-0.2, 0) is 4.79 Å². The summed E-state index contributed by atoms with van der Waals surface area (Å²) in [7, 11) is 0. The molecule has 0 aliphatic carbocycles. The molecule has 0 atom stereocenters. The highest BCUT2D eigenvalue weighted by atomic mass is 35.5. The van der Waals surface area contributed by atoms with Gasteiger partial charge < -0.3 is 15.0 Å². The van der Waals surface area contributed by atoms with E-state index in [2.05, 4.69) is 15.5 Å². The summed E-state index contributed by atoms with van der Waals surface area (Å²) in [5.41, 5.74) is 2.29. The van der Waals surface area contributed by atoms with Crippen LogP contribution in [0.15, 0.2) is 52.7 Å². The predicted molar refractivity (Wildman–Crippen MR) is 112 cm³/mol. The Kier molecular flexibility index (Phi) is 5.98. The fraction of sp³-hybridized carbons (Fsp3) is 0.238. The zero-order chi connectivity index (χ0) is 21.1. The van der Waals surface area contributed by atoms with Crippen LogP contribution in [0.25, 0.3) is 10.9 Å². The number of hydrogen-bond donors (Lipinski definition) is 2. The number of carbonyl (C=O) groups excluding carboxylic acids is 2. The number of rotatable bonds is 5. The summed E-state index contributed by atoms with van der Waals surface area (Å²) in [4.78, 5) is 24.2. The standard InChI is InChI=1S/C21H21ClN4O3/c1-12(2)26-17-9-8-13(3)10-15(17)19(21(26)29)25-24-18(27)11-23-20(28)14-6-4-5-7-16(14)22/h4-10,12,29H,11H2,1-3H3,(H,23,28). The van der Waals surface area contributed by atoms with E-state index in [0.29, 0.717) is 10.4 Å². The highest BCUT2D eigenvalue weighted by Crippen LogP contribution is 2.41. The van der Waals surface area contributed by atoms with Crippen LogP contribution in [0.3, 0.4) is 0 Å². The van der Waals surface area contributed by atoms with Crippen molar-refractivity contribution in [2.45, 2.75) is 26.8 Å². The van der Waals surface area contributed by atoms with Crippen molar-refractivity contribution in [2.75, 3.05) is 6.54 Å². The normalized spacial score (nSPS) is 11.5. The fourth-order valence-corrected chi connectivity index (χ4v) is 3.28. The van der Waals surface area contributed by atoms with Gasteiger partial charge in [0.2, 0.25) is 5.88 Å². The van der Waals surface area contributed by atoms with Crippen LogP contribution >= 0.6 is 11.6 Å². The number of azo groups is 1. The van der Waals surface area contributed by atoms with Crippen molar-refractivity contribution in [3.63, 3.8) is 0 Å². The van der Waals surface area contributed by atoms with E-state index < -0.39 is 11.8 Å². The van der Waals surface area contributed by atoms with Crippen molar-refractivity contribution in [1.29, 1.82) is 0 Å². The zero-order valence-corrected chi connectivity index (χ0v) is 17.1. The van der Waals surface area contributed by atoms with E-state index in [4.69, 9.17) is 11.6 Å². The molecule has 1 aromatic heterocycles. The van der Waals surface area contributed by atoms with Gasteiger partial charge in [-0.15, -0.1) is 10.2 Å². The first-order valence-corrected chi connectivity index (χ1v) is 9.48. The Labute approximate surface area is 173 Å². The molecule has 0 radical (unpaired) electrons. The van der Waals surface area contributed by atoms with Gasteiger partial charge in [-0.3, -0.25) is 9.59 Å². The lowest BCUT2D eigenvalue weighted by Gasteiger charge is -2.10. The maximum Gasteiger partial charge on any atom is 0.283 e. The van der Waals surface area contributed by atoms with Crippen LogP contribution < -0.4 is 5.32 Å². The molecule has 8 heteroatoms. The number of nitrogens with zero attached hydrogens (tertiary/aromatic N) is 3. The Balaban J connectivity index is 1.79. The second-order valence-electron chi connectivity index (χ2n) is 6.91. The maximum atomic E-state index is 12.1. The van der Waals surface area contributed by atoms with Crippen LogP contribution in [-0.4, -0.2) is 28.0 Å². The number of aryl methyl sites for hydroxylation is 1. The molecule has 0 aliphatic rings. The number of fused-ring (bicyclic) bond motifs is 1. The molecule has 150 valence electrons. The first-order valence-electron chi connectivity index (χ1n) is 9.10. The van der Waals surface area contributed by atoms with Gasteiger partial charge in [0.25, 0.3) is 11.8 Å². The summed E-state index contributed by atoms with van der Waals surface area (Å²) in [5, 5.41) is 21.7. The van der Waals surface area contributed by atoms with Crippen LogP contribution in [0.5, 0.6) is 5.88 Å². The molecule has 2 N–H and O–H groups in total. The molecule has 7 nitrogen and oxygen atoms in total. The lowest BCUT2D eigenvalue weighted by Crippen LogP contribution is -2.28. The molecule has 3 aromatic rings. The number of halogens is 1. The summed E-state index contributed by atoms with van der Waals surface area (Å²) in [5.74, 6) is -1.19. The van der Waals surface area contributed by atoms with Gasteiger partial charge in [0.1, 0.15) is 6.54 Å². The fourth-order valence-electron chi connectivity index (χ4n) is 3.06. The van der Waals surface area contributed by atoms with Gasteiger partial charge in [-0.2, -0.15) is 0 Å². The maximum absolute atomic E-state index is 12.1. The average molecular weight is 413 g/mol. The molecule has 0 aliphatic heterocycles. The molecule has 0 bridgehead atoms. The number of aromatic hydroxyl groups is 1. The molecular weight excluding hydrogens is 392 g/mol. The van der Waals surface area contributed by atoms with Gasteiger partial charge in [-0.1, -0.05) is 35.4 Å². The molecule has 0 unspecified atom stereocenters.